The maximum Gasteiger partial charge on any atom is 0.472 e. The lowest BCUT2D eigenvalue weighted by Crippen LogP contribution is -2.29. The predicted molar refractivity (Wildman–Crippen MR) is 244 cm³/mol. The molecule has 9 heteroatoms. The van der Waals surface area contributed by atoms with Gasteiger partial charge in [0.05, 0.1) is 13.2 Å². The molecule has 2 atom stereocenters. The summed E-state index contributed by atoms with van der Waals surface area (Å²) in [6.45, 7) is 5.53. The van der Waals surface area contributed by atoms with Crippen LogP contribution in [-0.2, 0) is 32.7 Å². The Labute approximate surface area is 359 Å². The molecule has 0 radical (unpaired) electrons. The molecule has 0 rings (SSSR count). The van der Waals surface area contributed by atoms with Gasteiger partial charge in [0.2, 0.25) is 0 Å². The molecule has 0 aliphatic carbocycles. The number of hydrogen-bond donors (Lipinski definition) is 1. The Kier molecular flexibility index (Phi) is 44.4. The van der Waals surface area contributed by atoms with Crippen molar-refractivity contribution in [2.45, 2.75) is 271 Å². The van der Waals surface area contributed by atoms with E-state index in [9.17, 15) is 19.0 Å². The quantitative estimate of drug-likeness (QED) is 0.0279. The maximum atomic E-state index is 12.6. The summed E-state index contributed by atoms with van der Waals surface area (Å²) in [5.41, 5.74) is 0. The highest BCUT2D eigenvalue weighted by molar-refractivity contribution is 7.47. The van der Waals surface area contributed by atoms with Gasteiger partial charge in [0.25, 0.3) is 0 Å². The zero-order valence-electron chi connectivity index (χ0n) is 38.5. The van der Waals surface area contributed by atoms with Gasteiger partial charge in [0, 0.05) is 12.8 Å². The average molecular weight is 843 g/mol. The van der Waals surface area contributed by atoms with Crippen LogP contribution in [0.4, 0.5) is 0 Å². The molecular formula is C49H95O8P. The second-order valence-electron chi connectivity index (χ2n) is 16.8. The second-order valence-corrected chi connectivity index (χ2v) is 18.3. The fourth-order valence-electron chi connectivity index (χ4n) is 7.39. The minimum Gasteiger partial charge on any atom is -0.462 e. The Hall–Kier alpha value is -1.21. The van der Waals surface area contributed by atoms with Crippen LogP contribution >= 0.6 is 7.82 Å². The molecule has 0 saturated carbocycles. The number of rotatable bonds is 47. The van der Waals surface area contributed by atoms with Crippen LogP contribution in [-0.4, -0.2) is 42.8 Å². The minimum atomic E-state index is -4.28. The Bertz CT molecular complexity index is 957. The molecule has 8 nitrogen and oxygen atoms in total. The summed E-state index contributed by atoms with van der Waals surface area (Å²) in [6.07, 6.45) is 49.8. The van der Waals surface area contributed by atoms with E-state index in [0.29, 0.717) is 12.8 Å². The molecule has 0 aliphatic rings. The van der Waals surface area contributed by atoms with Crippen LogP contribution in [0, 0.1) is 0 Å². The fraction of sp³-hybridized carbons (Fsp3) is 0.918. The average Bonchev–Trinajstić information content (AvgIpc) is 3.20. The smallest absolute Gasteiger partial charge is 0.462 e. The molecular weight excluding hydrogens is 748 g/mol. The van der Waals surface area contributed by atoms with Gasteiger partial charge in [-0.25, -0.2) is 4.57 Å². The third-order valence-electron chi connectivity index (χ3n) is 11.1. The first-order chi connectivity index (χ1) is 28.3. The van der Waals surface area contributed by atoms with Crippen molar-refractivity contribution in [3.05, 3.63) is 12.2 Å². The van der Waals surface area contributed by atoms with Crippen molar-refractivity contribution in [2.75, 3.05) is 19.8 Å². The number of phosphoric ester groups is 1. The largest absolute Gasteiger partial charge is 0.472 e. The molecule has 58 heavy (non-hydrogen) atoms. The number of unbranched alkanes of at least 4 members (excludes halogenated alkanes) is 33. The lowest BCUT2D eigenvalue weighted by Gasteiger charge is -2.19. The summed E-state index contributed by atoms with van der Waals surface area (Å²) in [7, 11) is -4.28. The number of hydrogen-bond acceptors (Lipinski definition) is 7. The predicted octanol–water partition coefficient (Wildman–Crippen LogP) is 16.0. The summed E-state index contributed by atoms with van der Waals surface area (Å²) < 4.78 is 32.8. The molecule has 2 unspecified atom stereocenters. The summed E-state index contributed by atoms with van der Waals surface area (Å²) in [6, 6.07) is 0. The molecule has 0 amide bonds. The summed E-state index contributed by atoms with van der Waals surface area (Å²) in [5.74, 6) is -0.783. The SMILES string of the molecule is CCCCCCCCCC/C=C\CCCCCCCCCCCC(=O)OC(COC(=O)CCCCCCCCCCCCCCCCCCC)COP(=O)(O)OCC. The van der Waals surface area contributed by atoms with Gasteiger partial charge in [-0.15, -0.1) is 0 Å². The third kappa shape index (κ3) is 44.3. The Balaban J connectivity index is 3.96. The second kappa shape index (κ2) is 45.3. The summed E-state index contributed by atoms with van der Waals surface area (Å²) in [5, 5.41) is 0. The van der Waals surface area contributed by atoms with Crippen LogP contribution in [0.25, 0.3) is 0 Å². The van der Waals surface area contributed by atoms with Crippen LogP contribution in [0.3, 0.4) is 0 Å². The van der Waals surface area contributed by atoms with E-state index in [2.05, 4.69) is 26.0 Å². The Morgan fingerprint density at radius 2 is 0.776 bits per heavy atom. The molecule has 0 aliphatic heterocycles. The van der Waals surface area contributed by atoms with Crippen molar-refractivity contribution in [1.82, 2.24) is 0 Å². The number of allylic oxidation sites excluding steroid dienone is 2. The van der Waals surface area contributed by atoms with Crippen molar-refractivity contribution in [3.63, 3.8) is 0 Å². The van der Waals surface area contributed by atoms with Gasteiger partial charge in [0.15, 0.2) is 6.10 Å². The van der Waals surface area contributed by atoms with Gasteiger partial charge in [-0.05, 0) is 45.4 Å². The van der Waals surface area contributed by atoms with Crippen molar-refractivity contribution in [2.24, 2.45) is 0 Å². The van der Waals surface area contributed by atoms with E-state index < -0.39 is 19.9 Å². The van der Waals surface area contributed by atoms with Gasteiger partial charge < -0.3 is 14.4 Å². The number of carbonyl (C=O) groups is 2. The first kappa shape index (κ1) is 56.8. The standard InChI is InChI=1S/C49H95O8P/c1-4-7-9-11-13-15-17-19-21-23-24-25-26-28-30-32-34-36-38-40-42-44-49(51)57-47(46-56-58(52,53)55-6-3)45-54-48(50)43-41-39-37-35-33-31-29-27-22-20-18-16-14-12-10-8-5-2/h23-24,47H,4-22,25-46H2,1-3H3,(H,52,53)/b24-23-. The molecule has 1 N–H and O–H groups in total. The van der Waals surface area contributed by atoms with Crippen LogP contribution in [0.5, 0.6) is 0 Å². The lowest BCUT2D eigenvalue weighted by molar-refractivity contribution is -0.161. The number of esters is 2. The highest BCUT2D eigenvalue weighted by atomic mass is 31.2. The Morgan fingerprint density at radius 3 is 1.14 bits per heavy atom. The maximum absolute atomic E-state index is 12.6. The highest BCUT2D eigenvalue weighted by Crippen LogP contribution is 2.43. The van der Waals surface area contributed by atoms with E-state index in [0.717, 1.165) is 32.1 Å². The molecule has 0 heterocycles. The molecule has 0 aromatic rings. The van der Waals surface area contributed by atoms with E-state index in [1.165, 1.54) is 193 Å². The molecule has 0 bridgehead atoms. The van der Waals surface area contributed by atoms with Crippen molar-refractivity contribution in [1.29, 1.82) is 0 Å². The van der Waals surface area contributed by atoms with Crippen molar-refractivity contribution < 1.29 is 37.6 Å². The van der Waals surface area contributed by atoms with Crippen LogP contribution in [0.15, 0.2) is 12.2 Å². The minimum absolute atomic E-state index is 0.00362. The van der Waals surface area contributed by atoms with Crippen LogP contribution in [0.2, 0.25) is 0 Å². The molecule has 0 saturated heterocycles. The number of carbonyl (C=O) groups excluding carboxylic acids is 2. The summed E-state index contributed by atoms with van der Waals surface area (Å²) in [4.78, 5) is 34.9. The zero-order valence-corrected chi connectivity index (χ0v) is 39.4. The zero-order chi connectivity index (χ0) is 42.5. The third-order valence-corrected chi connectivity index (χ3v) is 12.1. The topological polar surface area (TPSA) is 108 Å². The van der Waals surface area contributed by atoms with Crippen LogP contribution in [0.1, 0.15) is 265 Å². The van der Waals surface area contributed by atoms with Gasteiger partial charge in [-0.2, -0.15) is 0 Å². The highest BCUT2D eigenvalue weighted by Gasteiger charge is 2.25. The van der Waals surface area contributed by atoms with E-state index in [-0.39, 0.29) is 32.2 Å². The van der Waals surface area contributed by atoms with Crippen molar-refractivity contribution >= 4 is 19.8 Å². The summed E-state index contributed by atoms with van der Waals surface area (Å²) >= 11 is 0. The molecule has 344 valence electrons. The van der Waals surface area contributed by atoms with Crippen LogP contribution < -0.4 is 0 Å². The first-order valence-corrected chi connectivity index (χ1v) is 26.5. The van der Waals surface area contributed by atoms with E-state index >= 15 is 0 Å². The van der Waals surface area contributed by atoms with Gasteiger partial charge >= 0.3 is 19.8 Å². The molecule has 0 aromatic carbocycles. The van der Waals surface area contributed by atoms with E-state index in [1.54, 1.807) is 6.92 Å². The molecule has 0 spiro atoms. The number of ether oxygens (including phenoxy) is 2. The first-order valence-electron chi connectivity index (χ1n) is 25.0. The van der Waals surface area contributed by atoms with Gasteiger partial charge in [-0.1, -0.05) is 219 Å². The fourth-order valence-corrected chi connectivity index (χ4v) is 8.15. The van der Waals surface area contributed by atoms with Gasteiger partial charge in [-0.3, -0.25) is 18.6 Å². The van der Waals surface area contributed by atoms with Gasteiger partial charge in [0.1, 0.15) is 6.61 Å². The monoisotopic (exact) mass is 843 g/mol. The van der Waals surface area contributed by atoms with E-state index in [4.69, 9.17) is 18.5 Å². The molecule has 0 fully saturated rings. The Morgan fingerprint density at radius 1 is 0.448 bits per heavy atom. The normalized spacial score (nSPS) is 13.2. The molecule has 0 aromatic heterocycles. The van der Waals surface area contributed by atoms with Crippen molar-refractivity contribution in [3.8, 4) is 0 Å². The number of phosphoric acid groups is 1. The van der Waals surface area contributed by atoms with E-state index in [1.807, 2.05) is 0 Å². The lowest BCUT2D eigenvalue weighted by atomic mass is 10.0.